The molecule has 4 N–H and O–H groups in total. The molecule has 6 nitrogen and oxygen atoms in total. The van der Waals surface area contributed by atoms with E-state index in [-0.39, 0.29) is 5.92 Å². The molecule has 0 bridgehead atoms. The number of halogens is 1. The molecular weight excluding hydrogens is 334 g/mol. The number of nitrogens with zero attached hydrogens (tertiary/aromatic N) is 2. The van der Waals surface area contributed by atoms with Crippen LogP contribution in [0.3, 0.4) is 0 Å². The van der Waals surface area contributed by atoms with Gasteiger partial charge in [-0.15, -0.1) is 0 Å². The van der Waals surface area contributed by atoms with E-state index in [9.17, 15) is 0 Å². The molecule has 2 rings (SSSR count). The van der Waals surface area contributed by atoms with Crippen LogP contribution >= 0.6 is 15.9 Å². The molecule has 0 fully saturated rings. The predicted octanol–water partition coefficient (Wildman–Crippen LogP) is 3.40. The van der Waals surface area contributed by atoms with E-state index >= 15 is 0 Å². The van der Waals surface area contributed by atoms with Gasteiger partial charge >= 0.3 is 0 Å². The van der Waals surface area contributed by atoms with E-state index in [4.69, 9.17) is 10.6 Å². The lowest BCUT2D eigenvalue weighted by molar-refractivity contribution is 0.415. The van der Waals surface area contributed by atoms with Crippen molar-refractivity contribution in [2.75, 3.05) is 17.9 Å². The first kappa shape index (κ1) is 15.5. The van der Waals surface area contributed by atoms with Gasteiger partial charge in [0.25, 0.3) is 0 Å². The fourth-order valence-electron chi connectivity index (χ4n) is 1.76. The van der Waals surface area contributed by atoms with Crippen LogP contribution in [0.4, 0.5) is 17.3 Å². The molecule has 0 radical (unpaired) electrons. The minimum atomic E-state index is 0.205. The van der Waals surface area contributed by atoms with E-state index in [1.807, 2.05) is 32.0 Å². The van der Waals surface area contributed by atoms with Gasteiger partial charge in [-0.2, -0.15) is 0 Å². The highest BCUT2D eigenvalue weighted by atomic mass is 79.9. The minimum absolute atomic E-state index is 0.205. The summed E-state index contributed by atoms with van der Waals surface area (Å²) in [5.74, 6) is 8.37. The summed E-state index contributed by atoms with van der Waals surface area (Å²) in [6.07, 6.45) is 0. The zero-order valence-electron chi connectivity index (χ0n) is 12.1. The van der Waals surface area contributed by atoms with Crippen molar-refractivity contribution in [2.24, 2.45) is 5.84 Å². The zero-order chi connectivity index (χ0) is 15.4. The first-order valence-electron chi connectivity index (χ1n) is 6.49. The van der Waals surface area contributed by atoms with Gasteiger partial charge in [-0.3, -0.25) is 0 Å². The highest BCUT2D eigenvalue weighted by Gasteiger charge is 2.08. The summed E-state index contributed by atoms with van der Waals surface area (Å²) in [5, 5.41) is 3.23. The normalized spacial score (nSPS) is 10.6. The summed E-state index contributed by atoms with van der Waals surface area (Å²) in [6.45, 7) is 4.06. The van der Waals surface area contributed by atoms with Crippen molar-refractivity contribution < 1.29 is 4.74 Å². The molecule has 0 aliphatic rings. The van der Waals surface area contributed by atoms with Gasteiger partial charge in [0.1, 0.15) is 23.2 Å². The van der Waals surface area contributed by atoms with Crippen LogP contribution in [-0.2, 0) is 0 Å². The highest BCUT2D eigenvalue weighted by molar-refractivity contribution is 9.10. The Morgan fingerprint density at radius 2 is 1.86 bits per heavy atom. The summed E-state index contributed by atoms with van der Waals surface area (Å²) >= 11 is 3.45. The van der Waals surface area contributed by atoms with E-state index in [1.54, 1.807) is 13.2 Å². The third-order valence-corrected chi connectivity index (χ3v) is 3.24. The number of anilines is 3. The van der Waals surface area contributed by atoms with Crippen molar-refractivity contribution in [3.05, 3.63) is 34.6 Å². The molecule has 7 heteroatoms. The summed E-state index contributed by atoms with van der Waals surface area (Å²) in [6, 6.07) is 7.46. The van der Waals surface area contributed by atoms with Crippen molar-refractivity contribution in [1.29, 1.82) is 0 Å². The Balaban J connectivity index is 2.34. The summed E-state index contributed by atoms with van der Waals surface area (Å²) < 4.78 is 6.16. The second kappa shape index (κ2) is 6.73. The lowest BCUT2D eigenvalue weighted by atomic mass is 10.2. The molecule has 0 amide bonds. The van der Waals surface area contributed by atoms with Gasteiger partial charge in [-0.1, -0.05) is 29.8 Å². The van der Waals surface area contributed by atoms with Gasteiger partial charge in [0.15, 0.2) is 0 Å². The third-order valence-electron chi connectivity index (χ3n) is 2.79. The van der Waals surface area contributed by atoms with Crippen molar-refractivity contribution in [1.82, 2.24) is 9.97 Å². The van der Waals surface area contributed by atoms with Crippen molar-refractivity contribution >= 4 is 33.3 Å². The maximum absolute atomic E-state index is 5.46. The van der Waals surface area contributed by atoms with E-state index < -0.39 is 0 Å². The van der Waals surface area contributed by atoms with Crippen LogP contribution in [0, 0.1) is 0 Å². The molecular formula is C14H18BrN5O. The molecule has 0 aliphatic heterocycles. The molecule has 1 aromatic carbocycles. The van der Waals surface area contributed by atoms with Gasteiger partial charge < -0.3 is 15.5 Å². The van der Waals surface area contributed by atoms with E-state index in [1.165, 1.54) is 0 Å². The lowest BCUT2D eigenvalue weighted by Gasteiger charge is -2.12. The number of nitrogen functional groups attached to an aromatic ring is 1. The van der Waals surface area contributed by atoms with Crippen LogP contribution in [0.15, 0.2) is 28.7 Å². The Hall–Kier alpha value is -1.86. The van der Waals surface area contributed by atoms with Crippen LogP contribution in [0.5, 0.6) is 5.75 Å². The average molecular weight is 352 g/mol. The largest absolute Gasteiger partial charge is 0.497 e. The summed E-state index contributed by atoms with van der Waals surface area (Å²) in [4.78, 5) is 8.81. The zero-order valence-corrected chi connectivity index (χ0v) is 13.7. The van der Waals surface area contributed by atoms with E-state index in [0.29, 0.717) is 11.6 Å². The summed E-state index contributed by atoms with van der Waals surface area (Å²) in [5.41, 5.74) is 3.42. The first-order valence-corrected chi connectivity index (χ1v) is 7.28. The number of hydrogen-bond acceptors (Lipinski definition) is 6. The third kappa shape index (κ3) is 4.05. The Morgan fingerprint density at radius 1 is 1.14 bits per heavy atom. The molecule has 112 valence electrons. The number of hydrazine groups is 1. The van der Waals surface area contributed by atoms with Crippen LogP contribution in [-0.4, -0.2) is 17.1 Å². The molecule has 0 atom stereocenters. The van der Waals surface area contributed by atoms with Gasteiger partial charge in [-0.25, -0.2) is 15.8 Å². The number of benzene rings is 1. The standard InChI is InChI=1S/C14H18BrN5O/c1-8(2)14-18-12(7-13(19-14)20-16)17-10-4-9(15)5-11(6-10)21-3/h4-8H,16H2,1-3H3,(H2,17,18,19,20). The maximum Gasteiger partial charge on any atom is 0.145 e. The number of nitrogens with one attached hydrogen (secondary N) is 2. The van der Waals surface area contributed by atoms with Crippen LogP contribution in [0.2, 0.25) is 0 Å². The first-order chi connectivity index (χ1) is 10.0. The molecule has 0 unspecified atom stereocenters. The van der Waals surface area contributed by atoms with Crippen LogP contribution in [0.25, 0.3) is 0 Å². The molecule has 2 aromatic rings. The average Bonchev–Trinajstić information content (AvgIpc) is 2.46. The number of rotatable bonds is 5. The van der Waals surface area contributed by atoms with Gasteiger partial charge in [-0.05, 0) is 12.1 Å². The molecule has 0 aliphatic carbocycles. The fourth-order valence-corrected chi connectivity index (χ4v) is 2.23. The molecule has 0 saturated heterocycles. The number of hydrogen-bond donors (Lipinski definition) is 3. The Kier molecular flexibility index (Phi) is 4.98. The SMILES string of the molecule is COc1cc(Br)cc(Nc2cc(NN)nc(C(C)C)n2)c1. The Morgan fingerprint density at radius 3 is 2.48 bits per heavy atom. The lowest BCUT2D eigenvalue weighted by Crippen LogP contribution is -2.12. The van der Waals surface area contributed by atoms with E-state index in [2.05, 4.69) is 36.6 Å². The number of ether oxygens (including phenoxy) is 1. The summed E-state index contributed by atoms with van der Waals surface area (Å²) in [7, 11) is 1.63. The predicted molar refractivity (Wildman–Crippen MR) is 87.9 cm³/mol. The van der Waals surface area contributed by atoms with Gasteiger partial charge in [0.05, 0.1) is 7.11 Å². The minimum Gasteiger partial charge on any atom is -0.497 e. The highest BCUT2D eigenvalue weighted by Crippen LogP contribution is 2.27. The topological polar surface area (TPSA) is 85.1 Å². The fraction of sp³-hybridized carbons (Fsp3) is 0.286. The van der Waals surface area contributed by atoms with Gasteiger partial charge in [0, 0.05) is 28.2 Å². The second-order valence-corrected chi connectivity index (χ2v) is 5.72. The van der Waals surface area contributed by atoms with Crippen LogP contribution in [0.1, 0.15) is 25.6 Å². The molecule has 1 heterocycles. The number of methoxy groups -OCH3 is 1. The molecule has 21 heavy (non-hydrogen) atoms. The van der Waals surface area contributed by atoms with E-state index in [0.717, 1.165) is 21.7 Å². The van der Waals surface area contributed by atoms with Crippen LogP contribution < -0.4 is 21.3 Å². The Labute approximate surface area is 132 Å². The van der Waals surface area contributed by atoms with Crippen molar-refractivity contribution in [3.8, 4) is 5.75 Å². The number of nitrogens with two attached hydrogens (primary N) is 1. The van der Waals surface area contributed by atoms with Crippen molar-refractivity contribution in [3.63, 3.8) is 0 Å². The molecule has 0 spiro atoms. The Bertz CT molecular complexity index is 633. The monoisotopic (exact) mass is 351 g/mol. The second-order valence-electron chi connectivity index (χ2n) is 4.80. The van der Waals surface area contributed by atoms with Crippen molar-refractivity contribution in [2.45, 2.75) is 19.8 Å². The smallest absolute Gasteiger partial charge is 0.145 e. The maximum atomic E-state index is 5.46. The van der Waals surface area contributed by atoms with Gasteiger partial charge in [0.2, 0.25) is 0 Å². The number of aromatic nitrogens is 2. The molecule has 0 saturated carbocycles. The molecule has 1 aromatic heterocycles. The quantitative estimate of drug-likeness (QED) is 0.565.